The number of anilines is 2. The molecule has 0 atom stereocenters. The molecule has 1 fully saturated rings. The summed E-state index contributed by atoms with van der Waals surface area (Å²) in [6, 6.07) is 20.9. The van der Waals surface area contributed by atoms with Gasteiger partial charge in [0.2, 0.25) is 5.91 Å². The third-order valence-electron chi connectivity index (χ3n) is 7.12. The molecule has 38 heavy (non-hydrogen) atoms. The van der Waals surface area contributed by atoms with Crippen molar-refractivity contribution in [2.45, 2.75) is 43.6 Å². The summed E-state index contributed by atoms with van der Waals surface area (Å²) in [5, 5.41) is 2.93. The quantitative estimate of drug-likeness (QED) is 0.414. The van der Waals surface area contributed by atoms with Gasteiger partial charge in [0.25, 0.3) is 0 Å². The molecule has 0 aromatic heterocycles. The molecule has 200 valence electrons. The maximum absolute atomic E-state index is 12.5. The van der Waals surface area contributed by atoms with Crippen molar-refractivity contribution in [3.8, 4) is 5.75 Å². The molecule has 8 heteroatoms. The molecular formula is C30H34N2O5S. The highest BCUT2D eigenvalue weighted by molar-refractivity contribution is 7.91. The van der Waals surface area contributed by atoms with E-state index in [1.807, 2.05) is 12.1 Å². The molecule has 1 amide bonds. The van der Waals surface area contributed by atoms with Crippen molar-refractivity contribution >= 4 is 27.1 Å². The fraction of sp³-hybridized carbons (Fsp3) is 0.367. The molecule has 0 bridgehead atoms. The number of nitrogens with zero attached hydrogens (tertiary/aromatic N) is 1. The molecule has 0 radical (unpaired) electrons. The fourth-order valence-electron chi connectivity index (χ4n) is 4.80. The smallest absolute Gasteiger partial charge is 0.228 e. The number of carbonyl (C=O) groups is 1. The number of sulfone groups is 1. The molecule has 3 aromatic rings. The maximum Gasteiger partial charge on any atom is 0.228 e. The Morgan fingerprint density at radius 3 is 2.45 bits per heavy atom. The highest BCUT2D eigenvalue weighted by atomic mass is 32.2. The van der Waals surface area contributed by atoms with Gasteiger partial charge in [-0.3, -0.25) is 4.79 Å². The van der Waals surface area contributed by atoms with E-state index in [0.29, 0.717) is 13.2 Å². The van der Waals surface area contributed by atoms with E-state index in [0.717, 1.165) is 49.4 Å². The van der Waals surface area contributed by atoms with Crippen molar-refractivity contribution in [3.63, 3.8) is 0 Å². The first-order chi connectivity index (χ1) is 18.4. The van der Waals surface area contributed by atoms with Crippen LogP contribution in [0.5, 0.6) is 5.75 Å². The van der Waals surface area contributed by atoms with Crippen LogP contribution in [0.25, 0.3) is 0 Å². The average molecular weight is 535 g/mol. The van der Waals surface area contributed by atoms with Gasteiger partial charge in [0.1, 0.15) is 11.9 Å². The van der Waals surface area contributed by atoms with Gasteiger partial charge in [-0.2, -0.15) is 0 Å². The van der Waals surface area contributed by atoms with Crippen molar-refractivity contribution in [1.82, 2.24) is 0 Å². The van der Waals surface area contributed by atoms with Crippen LogP contribution in [-0.4, -0.2) is 52.5 Å². The number of amides is 1. The number of aryl methyl sites for hydroxylation is 1. The van der Waals surface area contributed by atoms with Gasteiger partial charge in [-0.25, -0.2) is 8.42 Å². The summed E-state index contributed by atoms with van der Waals surface area (Å²) in [5.74, 6) is 0.826. The van der Waals surface area contributed by atoms with Crippen LogP contribution >= 0.6 is 0 Å². The molecule has 1 N–H and O–H groups in total. The van der Waals surface area contributed by atoms with Crippen LogP contribution in [-0.2, 0) is 38.6 Å². The molecule has 0 saturated carbocycles. The Balaban J connectivity index is 1.14. The molecule has 1 saturated heterocycles. The molecule has 3 aromatic carbocycles. The molecule has 0 spiro atoms. The number of hydrogen-bond acceptors (Lipinski definition) is 6. The highest BCUT2D eigenvalue weighted by Gasteiger charge is 2.22. The Bertz CT molecular complexity index is 1370. The van der Waals surface area contributed by atoms with E-state index in [2.05, 4.69) is 40.5 Å². The first-order valence-corrected chi connectivity index (χ1v) is 14.9. The molecule has 7 nitrogen and oxygen atoms in total. The Morgan fingerprint density at radius 2 is 1.76 bits per heavy atom. The molecule has 2 heterocycles. The third kappa shape index (κ3) is 6.37. The molecular weight excluding hydrogens is 500 g/mol. The summed E-state index contributed by atoms with van der Waals surface area (Å²) in [6.07, 6.45) is 3.49. The Kier molecular flexibility index (Phi) is 8.00. The third-order valence-corrected chi connectivity index (χ3v) is 8.87. The monoisotopic (exact) mass is 534 g/mol. The number of fused-ring (bicyclic) bond motifs is 1. The summed E-state index contributed by atoms with van der Waals surface area (Å²) < 4.78 is 35.2. The Labute approximate surface area is 224 Å². The molecule has 0 unspecified atom stereocenters. The lowest BCUT2D eigenvalue weighted by atomic mass is 10.0. The van der Waals surface area contributed by atoms with Crippen molar-refractivity contribution in [3.05, 3.63) is 83.4 Å². The Hall–Kier alpha value is -3.36. The lowest BCUT2D eigenvalue weighted by Gasteiger charge is -2.33. The molecule has 2 aliphatic rings. The van der Waals surface area contributed by atoms with E-state index >= 15 is 0 Å². The van der Waals surface area contributed by atoms with E-state index < -0.39 is 9.84 Å². The fourth-order valence-corrected chi connectivity index (χ4v) is 5.69. The summed E-state index contributed by atoms with van der Waals surface area (Å²) in [4.78, 5) is 15.2. The van der Waals surface area contributed by atoms with Crippen LogP contribution < -0.4 is 15.0 Å². The molecule has 0 aliphatic carbocycles. The number of rotatable bonds is 10. The van der Waals surface area contributed by atoms with E-state index in [4.69, 9.17) is 9.47 Å². The molecule has 5 rings (SSSR count). The van der Waals surface area contributed by atoms with E-state index in [1.54, 1.807) is 31.2 Å². The summed E-state index contributed by atoms with van der Waals surface area (Å²) in [7, 11) is -3.24. The minimum atomic E-state index is -3.24. The van der Waals surface area contributed by atoms with Crippen LogP contribution in [0.2, 0.25) is 0 Å². The summed E-state index contributed by atoms with van der Waals surface area (Å²) in [6.45, 7) is 4.89. The van der Waals surface area contributed by atoms with Crippen LogP contribution in [0, 0.1) is 0 Å². The normalized spacial score (nSPS) is 15.4. The van der Waals surface area contributed by atoms with Gasteiger partial charge < -0.3 is 19.7 Å². The standard InChI is InChI=1S/C30H34N2O5S/c1-2-38(34,35)28-13-7-23(8-14-28)18-30(33)31-25-10-5-22(6-11-25)15-17-32-16-3-4-24-9-12-26(19-29(24)32)37-27-20-36-21-27/h5-14,19,27H,2-4,15-18,20-21H2,1H3,(H,31,33). The zero-order valence-electron chi connectivity index (χ0n) is 21.7. The zero-order valence-corrected chi connectivity index (χ0v) is 22.5. The first-order valence-electron chi connectivity index (χ1n) is 13.2. The lowest BCUT2D eigenvalue weighted by Crippen LogP contribution is -2.38. The number of benzene rings is 3. The van der Waals surface area contributed by atoms with Gasteiger partial charge in [-0.1, -0.05) is 37.3 Å². The predicted octanol–water partition coefficient (Wildman–Crippen LogP) is 4.43. The maximum atomic E-state index is 12.5. The number of ether oxygens (including phenoxy) is 2. The van der Waals surface area contributed by atoms with Gasteiger partial charge in [0.15, 0.2) is 9.84 Å². The average Bonchev–Trinajstić information content (AvgIpc) is 2.90. The number of carbonyl (C=O) groups excluding carboxylic acids is 1. The van der Waals surface area contributed by atoms with E-state index in [-0.39, 0.29) is 29.1 Å². The number of hydrogen-bond donors (Lipinski definition) is 1. The topological polar surface area (TPSA) is 84.9 Å². The minimum absolute atomic E-state index is 0.0562. The van der Waals surface area contributed by atoms with Crippen LogP contribution in [0.3, 0.4) is 0 Å². The SMILES string of the molecule is CCS(=O)(=O)c1ccc(CC(=O)Nc2ccc(CCN3CCCc4ccc(OC5COC5)cc43)cc2)cc1. The summed E-state index contributed by atoms with van der Waals surface area (Å²) in [5.41, 5.74) is 5.35. The first kappa shape index (κ1) is 26.3. The van der Waals surface area contributed by atoms with E-state index in [1.165, 1.54) is 16.8 Å². The van der Waals surface area contributed by atoms with Gasteiger partial charge >= 0.3 is 0 Å². The van der Waals surface area contributed by atoms with Gasteiger partial charge in [-0.05, 0) is 66.3 Å². The van der Waals surface area contributed by atoms with Gasteiger partial charge in [0.05, 0.1) is 30.3 Å². The largest absolute Gasteiger partial charge is 0.486 e. The second-order valence-corrected chi connectivity index (χ2v) is 12.2. The molecule has 2 aliphatic heterocycles. The zero-order chi connectivity index (χ0) is 26.5. The second kappa shape index (κ2) is 11.6. The van der Waals surface area contributed by atoms with E-state index in [9.17, 15) is 13.2 Å². The predicted molar refractivity (Wildman–Crippen MR) is 149 cm³/mol. The minimum Gasteiger partial charge on any atom is -0.486 e. The van der Waals surface area contributed by atoms with Crippen LogP contribution in [0.4, 0.5) is 11.4 Å². The summed E-state index contributed by atoms with van der Waals surface area (Å²) >= 11 is 0. The van der Waals surface area contributed by atoms with Crippen molar-refractivity contribution in [2.75, 3.05) is 42.3 Å². The van der Waals surface area contributed by atoms with Crippen molar-refractivity contribution in [2.24, 2.45) is 0 Å². The van der Waals surface area contributed by atoms with Crippen LogP contribution in [0.1, 0.15) is 30.0 Å². The highest BCUT2D eigenvalue weighted by Crippen LogP contribution is 2.32. The van der Waals surface area contributed by atoms with Gasteiger partial charge in [0, 0.05) is 30.5 Å². The lowest BCUT2D eigenvalue weighted by molar-refractivity contribution is -0.115. The number of nitrogens with one attached hydrogen (secondary N) is 1. The van der Waals surface area contributed by atoms with Crippen LogP contribution in [0.15, 0.2) is 71.6 Å². The Morgan fingerprint density at radius 1 is 1.03 bits per heavy atom. The van der Waals surface area contributed by atoms with Gasteiger partial charge in [-0.15, -0.1) is 0 Å². The van der Waals surface area contributed by atoms with Crippen molar-refractivity contribution < 1.29 is 22.7 Å². The van der Waals surface area contributed by atoms with Crippen molar-refractivity contribution in [1.29, 1.82) is 0 Å². The second-order valence-electron chi connectivity index (χ2n) is 9.88.